The van der Waals surface area contributed by atoms with Crippen molar-refractivity contribution in [2.24, 2.45) is 11.8 Å². The van der Waals surface area contributed by atoms with Crippen molar-refractivity contribution in [2.45, 2.75) is 112 Å². The molecular formula is C20H42O5. The van der Waals surface area contributed by atoms with Crippen LogP contribution in [0, 0.1) is 11.8 Å². The molecule has 0 aromatic rings. The third kappa shape index (κ3) is 9.90. The van der Waals surface area contributed by atoms with Crippen LogP contribution in [0.4, 0.5) is 0 Å². The lowest BCUT2D eigenvalue weighted by molar-refractivity contribution is -0.554. The Kier molecular flexibility index (Phi) is 10.7. The highest BCUT2D eigenvalue weighted by molar-refractivity contribution is 4.78. The molecule has 0 radical (unpaired) electrons. The van der Waals surface area contributed by atoms with Crippen LogP contribution in [-0.2, 0) is 24.0 Å². The predicted octanol–water partition coefficient (Wildman–Crippen LogP) is 5.32. The van der Waals surface area contributed by atoms with Gasteiger partial charge in [0.05, 0.1) is 24.4 Å². The van der Waals surface area contributed by atoms with Crippen molar-refractivity contribution < 1.29 is 24.0 Å². The largest absolute Gasteiger partial charge is 0.367 e. The Labute approximate surface area is 155 Å². The van der Waals surface area contributed by atoms with E-state index in [1.807, 2.05) is 41.5 Å². The molecular weight excluding hydrogens is 320 g/mol. The van der Waals surface area contributed by atoms with E-state index in [0.717, 1.165) is 6.42 Å². The van der Waals surface area contributed by atoms with Gasteiger partial charge in [0.2, 0.25) is 0 Å². The van der Waals surface area contributed by atoms with Crippen LogP contribution in [0.5, 0.6) is 0 Å². The molecule has 0 N–H and O–H groups in total. The lowest BCUT2D eigenvalue weighted by Gasteiger charge is -2.43. The third-order valence-corrected chi connectivity index (χ3v) is 3.34. The second-order valence-electron chi connectivity index (χ2n) is 8.77. The Balaban J connectivity index is 5.80. The van der Waals surface area contributed by atoms with Gasteiger partial charge in [0.1, 0.15) is 6.10 Å². The first kappa shape index (κ1) is 24.8. The molecule has 25 heavy (non-hydrogen) atoms. The summed E-state index contributed by atoms with van der Waals surface area (Å²) in [6, 6.07) is 0. The topological polar surface area (TPSA) is 46.2 Å². The van der Waals surface area contributed by atoms with Crippen molar-refractivity contribution in [2.75, 3.05) is 6.61 Å². The molecule has 152 valence electrons. The zero-order valence-corrected chi connectivity index (χ0v) is 18.3. The molecule has 0 aliphatic rings. The van der Waals surface area contributed by atoms with E-state index in [9.17, 15) is 0 Å². The molecule has 0 fully saturated rings. The lowest BCUT2D eigenvalue weighted by Crippen LogP contribution is -2.56. The van der Waals surface area contributed by atoms with Crippen molar-refractivity contribution in [1.29, 1.82) is 0 Å². The second kappa shape index (κ2) is 10.8. The molecule has 3 unspecified atom stereocenters. The fraction of sp³-hybridized carbons (Fsp3) is 1.00. The molecule has 0 saturated heterocycles. The van der Waals surface area contributed by atoms with Crippen LogP contribution in [0.1, 0.15) is 82.6 Å². The molecule has 0 rings (SSSR count). The Bertz CT molecular complexity index is 348. The molecule has 5 nitrogen and oxygen atoms in total. The molecule has 0 bridgehead atoms. The average molecular weight is 363 g/mol. The standard InChI is InChI=1S/C20H42O5/c1-12-17(8)23-20(21-13-14(2)3,25-24-19(9,10)11)18(15(4)5)22-16(6)7/h14-18H,12-13H2,1-11H3. The summed E-state index contributed by atoms with van der Waals surface area (Å²) in [4.78, 5) is 11.5. The minimum Gasteiger partial charge on any atom is -0.367 e. The van der Waals surface area contributed by atoms with Crippen LogP contribution in [0.3, 0.4) is 0 Å². The van der Waals surface area contributed by atoms with Crippen LogP contribution in [0.15, 0.2) is 0 Å². The van der Waals surface area contributed by atoms with Gasteiger partial charge < -0.3 is 14.2 Å². The van der Waals surface area contributed by atoms with Crippen LogP contribution in [0.2, 0.25) is 0 Å². The summed E-state index contributed by atoms with van der Waals surface area (Å²) in [5.74, 6) is -0.974. The van der Waals surface area contributed by atoms with Gasteiger partial charge in [-0.15, -0.1) is 0 Å². The van der Waals surface area contributed by atoms with Crippen molar-refractivity contribution >= 4 is 0 Å². The van der Waals surface area contributed by atoms with Gasteiger partial charge in [0.15, 0.2) is 0 Å². The van der Waals surface area contributed by atoms with Gasteiger partial charge in [0, 0.05) is 0 Å². The fourth-order valence-electron chi connectivity index (χ4n) is 2.05. The fourth-order valence-corrected chi connectivity index (χ4v) is 2.05. The van der Waals surface area contributed by atoms with E-state index in [0.29, 0.717) is 12.5 Å². The van der Waals surface area contributed by atoms with Crippen molar-refractivity contribution in [3.8, 4) is 0 Å². The van der Waals surface area contributed by atoms with E-state index in [-0.39, 0.29) is 18.1 Å². The number of hydrogen-bond donors (Lipinski definition) is 0. The Morgan fingerprint density at radius 3 is 1.76 bits per heavy atom. The highest BCUT2D eigenvalue weighted by Gasteiger charge is 2.49. The number of rotatable bonds is 12. The summed E-state index contributed by atoms with van der Waals surface area (Å²) in [5, 5.41) is 0. The minimum absolute atomic E-state index is 0.00759. The smallest absolute Gasteiger partial charge is 0.339 e. The third-order valence-electron chi connectivity index (χ3n) is 3.34. The first-order chi connectivity index (χ1) is 11.3. The summed E-state index contributed by atoms with van der Waals surface area (Å²) in [6.07, 6.45) is 0.349. The molecule has 0 spiro atoms. The van der Waals surface area contributed by atoms with Crippen molar-refractivity contribution in [1.82, 2.24) is 0 Å². The maximum atomic E-state index is 6.26. The van der Waals surface area contributed by atoms with Crippen molar-refractivity contribution in [3.05, 3.63) is 0 Å². The molecule has 0 heterocycles. The molecule has 0 aromatic carbocycles. The Hall–Kier alpha value is -0.200. The van der Waals surface area contributed by atoms with Gasteiger partial charge in [0.25, 0.3) is 0 Å². The highest BCUT2D eigenvalue weighted by atomic mass is 17.3. The van der Waals surface area contributed by atoms with Gasteiger partial charge in [-0.3, -0.25) is 0 Å². The molecule has 0 saturated carbocycles. The van der Waals surface area contributed by atoms with Crippen LogP contribution in [-0.4, -0.2) is 36.5 Å². The second-order valence-corrected chi connectivity index (χ2v) is 8.77. The summed E-state index contributed by atoms with van der Waals surface area (Å²) in [5.41, 5.74) is -0.495. The van der Waals surface area contributed by atoms with Crippen molar-refractivity contribution in [3.63, 3.8) is 0 Å². The van der Waals surface area contributed by atoms with E-state index in [1.54, 1.807) is 0 Å². The van der Waals surface area contributed by atoms with Gasteiger partial charge in [-0.1, -0.05) is 34.6 Å². The van der Waals surface area contributed by atoms with Crippen LogP contribution >= 0.6 is 0 Å². The summed E-state index contributed by atoms with van der Waals surface area (Å²) < 4.78 is 18.6. The van der Waals surface area contributed by atoms with E-state index < -0.39 is 17.7 Å². The van der Waals surface area contributed by atoms with Gasteiger partial charge in [-0.2, -0.15) is 4.89 Å². The van der Waals surface area contributed by atoms with E-state index >= 15 is 0 Å². The Morgan fingerprint density at radius 2 is 1.40 bits per heavy atom. The molecule has 0 aromatic heterocycles. The summed E-state index contributed by atoms with van der Waals surface area (Å²) >= 11 is 0. The number of hydrogen-bond acceptors (Lipinski definition) is 5. The van der Waals surface area contributed by atoms with Gasteiger partial charge in [-0.25, -0.2) is 4.89 Å². The van der Waals surface area contributed by atoms with Crippen LogP contribution < -0.4 is 0 Å². The zero-order chi connectivity index (χ0) is 19.8. The lowest BCUT2D eigenvalue weighted by atomic mass is 10.0. The summed E-state index contributed by atoms with van der Waals surface area (Å²) in [7, 11) is 0. The maximum absolute atomic E-state index is 6.26. The predicted molar refractivity (Wildman–Crippen MR) is 101 cm³/mol. The van der Waals surface area contributed by atoms with E-state index in [2.05, 4.69) is 34.6 Å². The average Bonchev–Trinajstić information content (AvgIpc) is 2.46. The molecule has 3 atom stereocenters. The van der Waals surface area contributed by atoms with Gasteiger partial charge in [-0.05, 0) is 59.8 Å². The SMILES string of the molecule is CCC(C)OC(OCC(C)C)(OOC(C)(C)C)C(OC(C)C)C(C)C. The van der Waals surface area contributed by atoms with E-state index in [1.165, 1.54) is 0 Å². The monoisotopic (exact) mass is 362 g/mol. The first-order valence-corrected chi connectivity index (χ1v) is 9.67. The van der Waals surface area contributed by atoms with E-state index in [4.69, 9.17) is 24.0 Å². The first-order valence-electron chi connectivity index (χ1n) is 9.67. The number of ether oxygens (including phenoxy) is 3. The normalized spacial score (nSPS) is 18.0. The molecule has 5 heteroatoms. The van der Waals surface area contributed by atoms with Gasteiger partial charge >= 0.3 is 5.97 Å². The Morgan fingerprint density at radius 1 is 0.840 bits per heavy atom. The van der Waals surface area contributed by atoms with Crippen LogP contribution in [0.25, 0.3) is 0 Å². The molecule has 0 amide bonds. The highest BCUT2D eigenvalue weighted by Crippen LogP contribution is 2.33. The quantitative estimate of drug-likeness (QED) is 0.267. The summed E-state index contributed by atoms with van der Waals surface area (Å²) in [6.45, 7) is 22.6. The minimum atomic E-state index is -1.41. The zero-order valence-electron chi connectivity index (χ0n) is 18.3. The molecule has 0 aliphatic heterocycles. The maximum Gasteiger partial charge on any atom is 0.339 e. The molecule has 0 aliphatic carbocycles.